The summed E-state index contributed by atoms with van der Waals surface area (Å²) >= 11 is 0. The van der Waals surface area contributed by atoms with Crippen LogP contribution in [0, 0.1) is 27.7 Å². The molecule has 0 bridgehead atoms. The lowest BCUT2D eigenvalue weighted by molar-refractivity contribution is 0.334. The zero-order valence-corrected chi connectivity index (χ0v) is 11.7. The first-order valence-electron chi connectivity index (χ1n) is 5.87. The van der Waals surface area contributed by atoms with Crippen LogP contribution in [-0.2, 0) is 0 Å². The summed E-state index contributed by atoms with van der Waals surface area (Å²) in [4.78, 5) is 9.03. The molecule has 4 heteroatoms. The van der Waals surface area contributed by atoms with E-state index in [1.54, 1.807) is 14.2 Å². The highest BCUT2D eigenvalue weighted by Gasteiger charge is 2.16. The van der Waals surface area contributed by atoms with Crippen molar-refractivity contribution in [3.05, 3.63) is 22.3 Å². The third-order valence-electron chi connectivity index (χ3n) is 3.62. The van der Waals surface area contributed by atoms with Crippen molar-refractivity contribution in [3.8, 4) is 11.8 Å². The Morgan fingerprint density at radius 2 is 0.944 bits per heavy atom. The Kier molecular flexibility index (Phi) is 3.11. The number of methoxy groups -OCH3 is 2. The number of nitrogens with zero attached hydrogens (tertiary/aromatic N) is 2. The number of benzene rings is 1. The van der Waals surface area contributed by atoms with Gasteiger partial charge in [0.1, 0.15) is 0 Å². The quantitative estimate of drug-likeness (QED) is 0.817. The van der Waals surface area contributed by atoms with E-state index in [1.165, 1.54) is 11.1 Å². The second-order valence-electron chi connectivity index (χ2n) is 4.44. The van der Waals surface area contributed by atoms with Crippen LogP contribution in [0.5, 0.6) is 11.8 Å². The minimum atomic E-state index is 0.427. The molecule has 0 radical (unpaired) electrons. The molecule has 0 fully saturated rings. The van der Waals surface area contributed by atoms with Gasteiger partial charge in [-0.05, 0) is 49.9 Å². The number of hydrogen-bond donors (Lipinski definition) is 0. The molecule has 18 heavy (non-hydrogen) atoms. The minimum absolute atomic E-state index is 0.427. The van der Waals surface area contributed by atoms with Gasteiger partial charge in [-0.25, -0.2) is 9.97 Å². The minimum Gasteiger partial charge on any atom is -0.477 e. The van der Waals surface area contributed by atoms with Gasteiger partial charge in [-0.15, -0.1) is 0 Å². The van der Waals surface area contributed by atoms with Gasteiger partial charge in [-0.1, -0.05) is 0 Å². The van der Waals surface area contributed by atoms with Gasteiger partial charge < -0.3 is 9.47 Å². The van der Waals surface area contributed by atoms with Gasteiger partial charge in [0.05, 0.1) is 25.3 Å². The number of ether oxygens (including phenoxy) is 2. The zero-order valence-electron chi connectivity index (χ0n) is 11.7. The van der Waals surface area contributed by atoms with E-state index < -0.39 is 0 Å². The molecule has 0 aliphatic carbocycles. The van der Waals surface area contributed by atoms with Gasteiger partial charge in [0.2, 0.25) is 0 Å². The molecule has 0 amide bonds. The van der Waals surface area contributed by atoms with Gasteiger partial charge in [-0.3, -0.25) is 0 Å². The molecule has 0 unspecified atom stereocenters. The summed E-state index contributed by atoms with van der Waals surface area (Å²) in [6.45, 7) is 8.33. The normalized spacial score (nSPS) is 10.8. The second-order valence-corrected chi connectivity index (χ2v) is 4.44. The molecule has 0 saturated carbocycles. The Morgan fingerprint density at radius 1 is 0.611 bits per heavy atom. The Balaban J connectivity index is 2.93. The van der Waals surface area contributed by atoms with Crippen LogP contribution in [0.25, 0.3) is 11.0 Å². The second kappa shape index (κ2) is 4.44. The zero-order chi connectivity index (χ0) is 13.4. The highest BCUT2D eigenvalue weighted by atomic mass is 16.5. The highest BCUT2D eigenvalue weighted by molar-refractivity contribution is 5.85. The van der Waals surface area contributed by atoms with Crippen molar-refractivity contribution in [2.24, 2.45) is 0 Å². The Labute approximate surface area is 107 Å². The molecule has 4 nitrogen and oxygen atoms in total. The fourth-order valence-electron chi connectivity index (χ4n) is 2.11. The van der Waals surface area contributed by atoms with E-state index >= 15 is 0 Å². The SMILES string of the molecule is COc1nc2c(C)c(C)c(C)c(C)c2nc1OC. The molecule has 0 aliphatic heterocycles. The number of rotatable bonds is 2. The average Bonchev–Trinajstić information content (AvgIpc) is 2.41. The maximum absolute atomic E-state index is 5.21. The van der Waals surface area contributed by atoms with Gasteiger partial charge >= 0.3 is 0 Å². The van der Waals surface area contributed by atoms with E-state index in [4.69, 9.17) is 9.47 Å². The van der Waals surface area contributed by atoms with Crippen LogP contribution < -0.4 is 9.47 Å². The molecule has 1 aromatic heterocycles. The first kappa shape index (κ1) is 12.6. The topological polar surface area (TPSA) is 44.2 Å². The van der Waals surface area contributed by atoms with Gasteiger partial charge in [0.15, 0.2) is 0 Å². The smallest absolute Gasteiger partial charge is 0.278 e. The van der Waals surface area contributed by atoms with Crippen LogP contribution in [0.3, 0.4) is 0 Å². The third kappa shape index (κ3) is 1.68. The number of aromatic nitrogens is 2. The molecule has 96 valence electrons. The lowest BCUT2D eigenvalue weighted by Gasteiger charge is -2.14. The Morgan fingerprint density at radius 3 is 1.22 bits per heavy atom. The third-order valence-corrected chi connectivity index (χ3v) is 3.62. The lowest BCUT2D eigenvalue weighted by Crippen LogP contribution is -2.02. The molecule has 0 saturated heterocycles. The molecule has 0 atom stereocenters. The predicted molar refractivity (Wildman–Crippen MR) is 71.6 cm³/mol. The van der Waals surface area contributed by atoms with E-state index in [2.05, 4.69) is 37.7 Å². The molecular weight excluding hydrogens is 228 g/mol. The summed E-state index contributed by atoms with van der Waals surface area (Å²) in [7, 11) is 3.14. The van der Waals surface area contributed by atoms with E-state index in [0.717, 1.165) is 22.2 Å². The predicted octanol–water partition coefficient (Wildman–Crippen LogP) is 2.88. The molecule has 0 N–H and O–H groups in total. The van der Waals surface area contributed by atoms with Crippen LogP contribution in [-0.4, -0.2) is 24.2 Å². The van der Waals surface area contributed by atoms with Crippen LogP contribution in [0.2, 0.25) is 0 Å². The summed E-state index contributed by atoms with van der Waals surface area (Å²) < 4.78 is 10.4. The fraction of sp³-hybridized carbons (Fsp3) is 0.429. The summed E-state index contributed by atoms with van der Waals surface area (Å²) in [5.74, 6) is 0.853. The molecule has 1 aromatic carbocycles. The van der Waals surface area contributed by atoms with Crippen molar-refractivity contribution in [1.82, 2.24) is 9.97 Å². The summed E-state index contributed by atoms with van der Waals surface area (Å²) in [6, 6.07) is 0. The van der Waals surface area contributed by atoms with E-state index in [9.17, 15) is 0 Å². The summed E-state index contributed by atoms with van der Waals surface area (Å²) in [6.07, 6.45) is 0. The van der Waals surface area contributed by atoms with Crippen molar-refractivity contribution in [3.63, 3.8) is 0 Å². The lowest BCUT2D eigenvalue weighted by atomic mass is 9.97. The Hall–Kier alpha value is -1.84. The van der Waals surface area contributed by atoms with E-state index in [0.29, 0.717) is 11.8 Å². The fourth-order valence-corrected chi connectivity index (χ4v) is 2.11. The summed E-state index contributed by atoms with van der Waals surface area (Å²) in [5, 5.41) is 0. The largest absolute Gasteiger partial charge is 0.477 e. The first-order chi connectivity index (χ1) is 8.51. The molecule has 2 aromatic rings. The monoisotopic (exact) mass is 246 g/mol. The van der Waals surface area contributed by atoms with Crippen molar-refractivity contribution < 1.29 is 9.47 Å². The van der Waals surface area contributed by atoms with Crippen molar-refractivity contribution in [2.45, 2.75) is 27.7 Å². The van der Waals surface area contributed by atoms with Crippen LogP contribution in [0.4, 0.5) is 0 Å². The molecule has 1 heterocycles. The van der Waals surface area contributed by atoms with Gasteiger partial charge in [0, 0.05) is 0 Å². The molecule has 2 rings (SSSR count). The average molecular weight is 246 g/mol. The van der Waals surface area contributed by atoms with Crippen LogP contribution in [0.15, 0.2) is 0 Å². The van der Waals surface area contributed by atoms with E-state index in [1.807, 2.05) is 0 Å². The maximum Gasteiger partial charge on any atom is 0.278 e. The van der Waals surface area contributed by atoms with Crippen LogP contribution in [0.1, 0.15) is 22.3 Å². The van der Waals surface area contributed by atoms with Crippen molar-refractivity contribution in [2.75, 3.05) is 14.2 Å². The Bertz CT molecular complexity index is 567. The number of aryl methyl sites for hydroxylation is 2. The maximum atomic E-state index is 5.21. The number of hydrogen-bond acceptors (Lipinski definition) is 4. The number of fused-ring (bicyclic) bond motifs is 1. The van der Waals surface area contributed by atoms with Gasteiger partial charge in [-0.2, -0.15) is 0 Å². The van der Waals surface area contributed by atoms with Crippen molar-refractivity contribution >= 4 is 11.0 Å². The molecule has 0 aliphatic rings. The molecule has 0 spiro atoms. The molecular formula is C14H18N2O2. The standard InChI is InChI=1S/C14H18N2O2/c1-7-8(2)10(4)12-11(9(7)3)15-13(17-5)14(16-12)18-6/h1-6H3. The van der Waals surface area contributed by atoms with Gasteiger partial charge in [0.25, 0.3) is 11.8 Å². The summed E-state index contributed by atoms with van der Waals surface area (Å²) in [5.41, 5.74) is 6.55. The van der Waals surface area contributed by atoms with E-state index in [-0.39, 0.29) is 0 Å². The van der Waals surface area contributed by atoms with Crippen molar-refractivity contribution in [1.29, 1.82) is 0 Å². The first-order valence-corrected chi connectivity index (χ1v) is 5.87. The van der Waals surface area contributed by atoms with Crippen LogP contribution >= 0.6 is 0 Å². The highest BCUT2D eigenvalue weighted by Crippen LogP contribution is 2.31.